The number of rotatable bonds is 30. The van der Waals surface area contributed by atoms with Crippen molar-refractivity contribution in [2.24, 2.45) is 0 Å². The highest BCUT2D eigenvalue weighted by Crippen LogP contribution is 2.43. The number of likely N-dealkylation sites (N-methyl/N-ethyl adjacent to an activating group) is 1. The van der Waals surface area contributed by atoms with Crippen molar-refractivity contribution in [3.63, 3.8) is 0 Å². The molecule has 43 heavy (non-hydrogen) atoms. The van der Waals surface area contributed by atoms with Crippen molar-refractivity contribution in [2.45, 2.75) is 142 Å². The zero-order chi connectivity index (χ0) is 32.2. The Morgan fingerprint density at radius 2 is 1.21 bits per heavy atom. The number of carbonyl (C=O) groups is 2. The Labute approximate surface area is 263 Å². The van der Waals surface area contributed by atoms with Crippen molar-refractivity contribution < 1.29 is 42.1 Å². The van der Waals surface area contributed by atoms with E-state index in [-0.39, 0.29) is 32.0 Å². The Morgan fingerprint density at radius 3 is 1.79 bits per heavy atom. The lowest BCUT2D eigenvalue weighted by molar-refractivity contribution is -0.870. The Morgan fingerprint density at radius 1 is 0.698 bits per heavy atom. The molecule has 9 nitrogen and oxygen atoms in total. The quantitative estimate of drug-likeness (QED) is 0.0276. The van der Waals surface area contributed by atoms with Gasteiger partial charge >= 0.3 is 19.8 Å². The lowest BCUT2D eigenvalue weighted by Crippen LogP contribution is -2.37. The fraction of sp³-hybridized carbons (Fsp3) is 0.879. The number of hydrogen-bond donors (Lipinski definition) is 1. The number of ether oxygens (including phenoxy) is 2. The van der Waals surface area contributed by atoms with Gasteiger partial charge in [-0.15, -0.1) is 0 Å². The molecule has 2 unspecified atom stereocenters. The van der Waals surface area contributed by atoms with Crippen LogP contribution in [0.4, 0.5) is 0 Å². The van der Waals surface area contributed by atoms with Crippen LogP contribution in [0.1, 0.15) is 136 Å². The fourth-order valence-electron chi connectivity index (χ4n) is 4.29. The average molecular weight is 635 g/mol. The van der Waals surface area contributed by atoms with Crippen molar-refractivity contribution in [1.82, 2.24) is 0 Å². The van der Waals surface area contributed by atoms with Crippen LogP contribution in [0.5, 0.6) is 0 Å². The van der Waals surface area contributed by atoms with E-state index in [1.165, 1.54) is 44.9 Å². The number of nitrogens with zero attached hydrogens (tertiary/aromatic N) is 1. The molecule has 0 aliphatic carbocycles. The summed E-state index contributed by atoms with van der Waals surface area (Å²) in [4.78, 5) is 34.9. The highest BCUT2D eigenvalue weighted by Gasteiger charge is 2.27. The summed E-state index contributed by atoms with van der Waals surface area (Å²) < 4.78 is 33.9. The van der Waals surface area contributed by atoms with Gasteiger partial charge in [-0.3, -0.25) is 18.6 Å². The molecule has 1 N–H and O–H groups in total. The van der Waals surface area contributed by atoms with Crippen LogP contribution in [-0.4, -0.2) is 74.9 Å². The standard InChI is InChI=1S/C33H64NO8P/c1-6-8-10-12-14-16-17-18-20-22-24-26-33(36)42-31(30-41-43(37,38)40-28-27-34(3,4)5)29-39-32(35)25-23-21-19-15-13-11-9-7-2/h12,14,31H,6-11,13,15-30H2,1-5H3/p+1/b14-12-. The molecule has 0 aromatic heterocycles. The molecule has 0 fully saturated rings. The van der Waals surface area contributed by atoms with Gasteiger partial charge in [0.2, 0.25) is 0 Å². The largest absolute Gasteiger partial charge is 0.472 e. The van der Waals surface area contributed by atoms with Gasteiger partial charge in [0.1, 0.15) is 19.8 Å². The predicted molar refractivity (Wildman–Crippen MR) is 174 cm³/mol. The minimum Gasteiger partial charge on any atom is -0.462 e. The SMILES string of the molecule is CCCC/C=C\CCCCCCCC(=O)OC(COC(=O)CCCCCCCCCC)COP(=O)(O)OCC[N+](C)(C)C. The van der Waals surface area contributed by atoms with Gasteiger partial charge in [0.15, 0.2) is 6.10 Å². The third-order valence-electron chi connectivity index (χ3n) is 7.05. The first-order valence-electron chi connectivity index (χ1n) is 16.9. The topological polar surface area (TPSA) is 108 Å². The van der Waals surface area contributed by atoms with E-state index in [0.29, 0.717) is 17.4 Å². The molecule has 0 rings (SSSR count). The monoisotopic (exact) mass is 634 g/mol. The van der Waals surface area contributed by atoms with Crippen LogP contribution in [0, 0.1) is 0 Å². The number of carbonyl (C=O) groups excluding carboxylic acids is 2. The molecule has 0 spiro atoms. The summed E-state index contributed by atoms with van der Waals surface area (Å²) in [7, 11) is 1.47. The number of quaternary nitrogens is 1. The Kier molecular flexibility index (Phi) is 26.3. The molecular weight excluding hydrogens is 569 g/mol. The molecule has 0 heterocycles. The van der Waals surface area contributed by atoms with Crippen LogP contribution in [0.15, 0.2) is 12.2 Å². The Bertz CT molecular complexity index is 768. The minimum atomic E-state index is -4.35. The van der Waals surface area contributed by atoms with Crippen LogP contribution < -0.4 is 0 Å². The number of allylic oxidation sites excluding steroid dienone is 2. The zero-order valence-electron chi connectivity index (χ0n) is 28.2. The molecule has 0 saturated carbocycles. The molecule has 2 atom stereocenters. The molecule has 254 valence electrons. The molecule has 0 bridgehead atoms. The van der Waals surface area contributed by atoms with Gasteiger partial charge in [-0.05, 0) is 32.1 Å². The van der Waals surface area contributed by atoms with Gasteiger partial charge in [-0.1, -0.05) is 103 Å². The van der Waals surface area contributed by atoms with Crippen LogP contribution in [0.25, 0.3) is 0 Å². The first-order valence-corrected chi connectivity index (χ1v) is 18.4. The fourth-order valence-corrected chi connectivity index (χ4v) is 5.03. The average Bonchev–Trinajstić information content (AvgIpc) is 2.93. The van der Waals surface area contributed by atoms with Crippen molar-refractivity contribution in [1.29, 1.82) is 0 Å². The van der Waals surface area contributed by atoms with Gasteiger partial charge in [-0.25, -0.2) is 4.57 Å². The molecule has 0 radical (unpaired) electrons. The highest BCUT2D eigenvalue weighted by molar-refractivity contribution is 7.47. The molecule has 0 aliphatic heterocycles. The van der Waals surface area contributed by atoms with Gasteiger partial charge in [0.25, 0.3) is 0 Å². The molecule has 10 heteroatoms. The predicted octanol–water partition coefficient (Wildman–Crippen LogP) is 8.29. The summed E-state index contributed by atoms with van der Waals surface area (Å²) >= 11 is 0. The van der Waals surface area contributed by atoms with Crippen molar-refractivity contribution in [3.8, 4) is 0 Å². The Hall–Kier alpha value is -1.25. The molecule has 0 aromatic carbocycles. The maximum absolute atomic E-state index is 12.5. The van der Waals surface area contributed by atoms with Gasteiger partial charge in [-0.2, -0.15) is 0 Å². The van der Waals surface area contributed by atoms with Crippen LogP contribution in [-0.2, 0) is 32.7 Å². The first kappa shape index (κ1) is 41.8. The normalized spacial score (nSPS) is 14.1. The summed E-state index contributed by atoms with van der Waals surface area (Å²) in [5, 5.41) is 0. The van der Waals surface area contributed by atoms with Gasteiger partial charge < -0.3 is 18.9 Å². The third-order valence-corrected chi connectivity index (χ3v) is 8.03. The highest BCUT2D eigenvalue weighted by atomic mass is 31.2. The summed E-state index contributed by atoms with van der Waals surface area (Å²) in [5.74, 6) is -0.816. The maximum atomic E-state index is 12.5. The number of phosphoric acid groups is 1. The van der Waals surface area contributed by atoms with E-state index in [4.69, 9.17) is 18.5 Å². The Balaban J connectivity index is 4.52. The first-order chi connectivity index (χ1) is 20.5. The summed E-state index contributed by atoms with van der Waals surface area (Å²) in [6.45, 7) is 4.31. The van der Waals surface area contributed by atoms with E-state index in [9.17, 15) is 19.0 Å². The van der Waals surface area contributed by atoms with Crippen LogP contribution in [0.3, 0.4) is 0 Å². The van der Waals surface area contributed by atoms with Crippen LogP contribution in [0.2, 0.25) is 0 Å². The smallest absolute Gasteiger partial charge is 0.462 e. The third kappa shape index (κ3) is 30.6. The molecule has 0 saturated heterocycles. The van der Waals surface area contributed by atoms with E-state index < -0.39 is 26.5 Å². The second-order valence-electron chi connectivity index (χ2n) is 12.6. The van der Waals surface area contributed by atoms with Gasteiger partial charge in [0, 0.05) is 12.8 Å². The lowest BCUT2D eigenvalue weighted by atomic mass is 10.1. The molecule has 0 aliphatic rings. The number of unbranched alkanes of at least 4 members (excludes halogenated alkanes) is 14. The van der Waals surface area contributed by atoms with Crippen molar-refractivity contribution in [2.75, 3.05) is 47.5 Å². The summed E-state index contributed by atoms with van der Waals surface area (Å²) in [6, 6.07) is 0. The zero-order valence-corrected chi connectivity index (χ0v) is 29.1. The summed E-state index contributed by atoms with van der Waals surface area (Å²) in [5.41, 5.74) is 0. The molecule has 0 amide bonds. The second kappa shape index (κ2) is 27.1. The van der Waals surface area contributed by atoms with Gasteiger partial charge in [0.05, 0.1) is 27.7 Å². The van der Waals surface area contributed by atoms with E-state index in [0.717, 1.165) is 57.8 Å². The number of esters is 2. The number of phosphoric ester groups is 1. The molecular formula is C33H65NO8P+. The minimum absolute atomic E-state index is 0.0322. The summed E-state index contributed by atoms with van der Waals surface area (Å²) in [6.07, 6.45) is 22.7. The van der Waals surface area contributed by atoms with E-state index >= 15 is 0 Å². The number of hydrogen-bond acceptors (Lipinski definition) is 7. The van der Waals surface area contributed by atoms with E-state index in [2.05, 4.69) is 26.0 Å². The lowest BCUT2D eigenvalue weighted by Gasteiger charge is -2.24. The molecule has 0 aromatic rings. The van der Waals surface area contributed by atoms with E-state index in [1.54, 1.807) is 0 Å². The van der Waals surface area contributed by atoms with Crippen LogP contribution >= 0.6 is 7.82 Å². The van der Waals surface area contributed by atoms with Crippen molar-refractivity contribution in [3.05, 3.63) is 12.2 Å². The van der Waals surface area contributed by atoms with Crippen molar-refractivity contribution >= 4 is 19.8 Å². The second-order valence-corrected chi connectivity index (χ2v) is 14.0. The van der Waals surface area contributed by atoms with E-state index in [1.807, 2.05) is 21.1 Å². The maximum Gasteiger partial charge on any atom is 0.472 e.